The number of hydrogen-bond donors (Lipinski definition) is 2. The number of amides is 1. The number of nitrogens with zero attached hydrogens (tertiary/aromatic N) is 1. The minimum atomic E-state index is -0.541. The van der Waals surface area contributed by atoms with E-state index in [0.29, 0.717) is 11.6 Å². The van der Waals surface area contributed by atoms with Gasteiger partial charge in [-0.05, 0) is 40.5 Å². The second-order valence-electron chi connectivity index (χ2n) is 6.06. The number of nitrogens with one attached hydrogen (secondary N) is 1. The Morgan fingerprint density at radius 3 is 2.68 bits per heavy atom. The highest BCUT2D eigenvalue weighted by molar-refractivity contribution is 7.15. The summed E-state index contributed by atoms with van der Waals surface area (Å²) in [4.78, 5) is 16.9. The van der Waals surface area contributed by atoms with Gasteiger partial charge in [-0.2, -0.15) is 0 Å². The van der Waals surface area contributed by atoms with Gasteiger partial charge in [0.1, 0.15) is 5.60 Å². The Morgan fingerprint density at radius 2 is 2.16 bits per heavy atom. The number of ether oxygens (including phenoxy) is 1. The largest absolute Gasteiger partial charge is 0.444 e. The number of anilines is 1. The van der Waals surface area contributed by atoms with E-state index >= 15 is 0 Å². The van der Waals surface area contributed by atoms with Crippen molar-refractivity contribution in [3.63, 3.8) is 0 Å². The third-order valence-corrected chi connectivity index (χ3v) is 3.89. The van der Waals surface area contributed by atoms with E-state index in [2.05, 4.69) is 10.3 Å². The average Bonchev–Trinajstić information content (AvgIpc) is 2.82. The zero-order chi connectivity index (χ0) is 14.3. The van der Waals surface area contributed by atoms with Crippen LogP contribution in [0.15, 0.2) is 0 Å². The van der Waals surface area contributed by atoms with E-state index in [4.69, 9.17) is 4.74 Å². The Hall–Kier alpha value is -1.14. The van der Waals surface area contributed by atoms with Crippen LogP contribution in [-0.4, -0.2) is 27.4 Å². The molecule has 0 bridgehead atoms. The van der Waals surface area contributed by atoms with Crippen molar-refractivity contribution >= 4 is 22.6 Å². The fourth-order valence-corrected chi connectivity index (χ4v) is 2.74. The number of aliphatic hydroxyl groups is 1. The first kappa shape index (κ1) is 14.3. The van der Waals surface area contributed by atoms with Gasteiger partial charge in [-0.15, -0.1) is 11.3 Å². The van der Waals surface area contributed by atoms with Crippen LogP contribution in [-0.2, 0) is 11.2 Å². The van der Waals surface area contributed by atoms with E-state index in [1.54, 1.807) is 0 Å². The second kappa shape index (κ2) is 4.76. The number of carbonyl (C=O) groups is 1. The van der Waals surface area contributed by atoms with Crippen LogP contribution < -0.4 is 5.32 Å². The summed E-state index contributed by atoms with van der Waals surface area (Å²) in [6, 6.07) is 0. The van der Waals surface area contributed by atoms with Gasteiger partial charge in [0.15, 0.2) is 5.13 Å². The van der Waals surface area contributed by atoms with Crippen LogP contribution in [0.4, 0.5) is 9.93 Å². The van der Waals surface area contributed by atoms with Gasteiger partial charge in [-0.3, -0.25) is 5.32 Å². The summed E-state index contributed by atoms with van der Waals surface area (Å²) in [5.41, 5.74) is -0.209. The average molecular weight is 284 g/mol. The van der Waals surface area contributed by atoms with E-state index in [-0.39, 0.29) is 0 Å². The van der Waals surface area contributed by atoms with Crippen LogP contribution in [0.5, 0.6) is 0 Å². The second-order valence-corrected chi connectivity index (χ2v) is 7.14. The predicted octanol–water partition coefficient (Wildman–Crippen LogP) is 2.87. The monoisotopic (exact) mass is 284 g/mol. The van der Waals surface area contributed by atoms with Crippen molar-refractivity contribution in [1.82, 2.24) is 4.98 Å². The molecule has 0 spiro atoms. The molecule has 6 heteroatoms. The minimum absolute atomic E-state index is 0.502. The van der Waals surface area contributed by atoms with Crippen molar-refractivity contribution in [3.05, 3.63) is 10.6 Å². The molecule has 0 saturated heterocycles. The number of rotatable bonds is 3. The van der Waals surface area contributed by atoms with Gasteiger partial charge in [0, 0.05) is 11.3 Å². The van der Waals surface area contributed by atoms with E-state index in [1.165, 1.54) is 11.3 Å². The van der Waals surface area contributed by atoms with Gasteiger partial charge in [0.05, 0.1) is 11.3 Å². The molecule has 1 aliphatic rings. The number of thiazole rings is 1. The molecular formula is C13H20N2O3S. The standard InChI is InChI=1S/C13H20N2O3S/c1-8-9(7-13(17)5-6-13)19-10(14-8)15-11(16)18-12(2,3)4/h17H,5-7H2,1-4H3,(H,14,15,16). The molecule has 19 heavy (non-hydrogen) atoms. The lowest BCUT2D eigenvalue weighted by molar-refractivity contribution is 0.0636. The van der Waals surface area contributed by atoms with E-state index < -0.39 is 17.3 Å². The normalized spacial score (nSPS) is 17.1. The molecule has 1 aromatic rings. The highest BCUT2D eigenvalue weighted by atomic mass is 32.1. The third kappa shape index (κ3) is 4.18. The van der Waals surface area contributed by atoms with E-state index in [9.17, 15) is 9.90 Å². The van der Waals surface area contributed by atoms with Crippen molar-refractivity contribution in [2.75, 3.05) is 5.32 Å². The van der Waals surface area contributed by atoms with Crippen LogP contribution in [0, 0.1) is 6.92 Å². The third-order valence-electron chi connectivity index (χ3n) is 2.82. The first-order chi connectivity index (χ1) is 8.67. The molecule has 1 amide bonds. The molecule has 0 radical (unpaired) electrons. The molecule has 0 atom stereocenters. The fraction of sp³-hybridized carbons (Fsp3) is 0.692. The Kier molecular flexibility index (Phi) is 3.57. The van der Waals surface area contributed by atoms with Gasteiger partial charge in [0.2, 0.25) is 0 Å². The molecule has 1 aromatic heterocycles. The highest BCUT2D eigenvalue weighted by Crippen LogP contribution is 2.40. The first-order valence-corrected chi connectivity index (χ1v) is 7.17. The van der Waals surface area contributed by atoms with Crippen molar-refractivity contribution in [2.24, 2.45) is 0 Å². The molecule has 1 saturated carbocycles. The molecule has 5 nitrogen and oxygen atoms in total. The predicted molar refractivity (Wildman–Crippen MR) is 74.6 cm³/mol. The molecule has 0 aromatic carbocycles. The van der Waals surface area contributed by atoms with Crippen molar-refractivity contribution in [1.29, 1.82) is 0 Å². The fourth-order valence-electron chi connectivity index (χ4n) is 1.66. The van der Waals surface area contributed by atoms with Crippen LogP contribution in [0.2, 0.25) is 0 Å². The molecule has 2 N–H and O–H groups in total. The summed E-state index contributed by atoms with van der Waals surface area (Å²) in [5.74, 6) is 0. The lowest BCUT2D eigenvalue weighted by Crippen LogP contribution is -2.27. The van der Waals surface area contributed by atoms with Gasteiger partial charge in [-0.25, -0.2) is 9.78 Å². The van der Waals surface area contributed by atoms with Crippen LogP contribution in [0.1, 0.15) is 44.2 Å². The lowest BCUT2D eigenvalue weighted by atomic mass is 10.2. The molecule has 2 rings (SSSR count). The summed E-state index contributed by atoms with van der Waals surface area (Å²) in [7, 11) is 0. The summed E-state index contributed by atoms with van der Waals surface area (Å²) >= 11 is 1.40. The molecule has 0 unspecified atom stereocenters. The zero-order valence-electron chi connectivity index (χ0n) is 11.7. The summed E-state index contributed by atoms with van der Waals surface area (Å²) in [5, 5.41) is 13.1. The van der Waals surface area contributed by atoms with Gasteiger partial charge < -0.3 is 9.84 Å². The van der Waals surface area contributed by atoms with Crippen molar-refractivity contribution in [3.8, 4) is 0 Å². The van der Waals surface area contributed by atoms with Crippen LogP contribution >= 0.6 is 11.3 Å². The molecule has 1 fully saturated rings. The summed E-state index contributed by atoms with van der Waals surface area (Å²) < 4.78 is 5.17. The maximum Gasteiger partial charge on any atom is 0.413 e. The van der Waals surface area contributed by atoms with E-state index in [1.807, 2.05) is 27.7 Å². The highest BCUT2D eigenvalue weighted by Gasteiger charge is 2.41. The number of aromatic nitrogens is 1. The maximum atomic E-state index is 11.6. The molecule has 106 valence electrons. The Labute approximate surface area is 117 Å². The Balaban J connectivity index is 1.98. The molecular weight excluding hydrogens is 264 g/mol. The number of aryl methyl sites for hydroxylation is 1. The number of hydrogen-bond acceptors (Lipinski definition) is 5. The topological polar surface area (TPSA) is 71.5 Å². The molecule has 1 aliphatic carbocycles. The van der Waals surface area contributed by atoms with Gasteiger partial charge in [-0.1, -0.05) is 0 Å². The van der Waals surface area contributed by atoms with Crippen molar-refractivity contribution < 1.29 is 14.6 Å². The number of carbonyl (C=O) groups excluding carboxylic acids is 1. The zero-order valence-corrected chi connectivity index (χ0v) is 12.6. The maximum absolute atomic E-state index is 11.6. The lowest BCUT2D eigenvalue weighted by Gasteiger charge is -2.18. The SMILES string of the molecule is Cc1nc(NC(=O)OC(C)(C)C)sc1CC1(O)CC1. The Morgan fingerprint density at radius 1 is 1.53 bits per heavy atom. The minimum Gasteiger partial charge on any atom is -0.444 e. The van der Waals surface area contributed by atoms with Crippen LogP contribution in [0.25, 0.3) is 0 Å². The van der Waals surface area contributed by atoms with Crippen LogP contribution in [0.3, 0.4) is 0 Å². The quantitative estimate of drug-likeness (QED) is 0.895. The first-order valence-electron chi connectivity index (χ1n) is 6.36. The summed E-state index contributed by atoms with van der Waals surface area (Å²) in [6.07, 6.45) is 1.81. The smallest absolute Gasteiger partial charge is 0.413 e. The Bertz CT molecular complexity index is 487. The van der Waals surface area contributed by atoms with Gasteiger partial charge in [0.25, 0.3) is 0 Å². The molecule has 1 heterocycles. The molecule has 0 aliphatic heterocycles. The van der Waals surface area contributed by atoms with Gasteiger partial charge >= 0.3 is 6.09 Å². The van der Waals surface area contributed by atoms with E-state index in [0.717, 1.165) is 23.4 Å². The summed E-state index contributed by atoms with van der Waals surface area (Å²) in [6.45, 7) is 7.33. The van der Waals surface area contributed by atoms with Crippen molar-refractivity contribution in [2.45, 2.75) is 58.2 Å².